The molecule has 0 unspecified atom stereocenters. The van der Waals surface area contributed by atoms with Crippen LogP contribution in [0.2, 0.25) is 0 Å². The minimum Gasteiger partial charge on any atom is -0.387 e. The number of aromatic nitrogens is 1. The Morgan fingerprint density at radius 2 is 2.00 bits per heavy atom. The van der Waals surface area contributed by atoms with Crippen molar-refractivity contribution in [3.05, 3.63) is 33.9 Å². The molecule has 0 aliphatic carbocycles. The molecular weight excluding hydrogens is 252 g/mol. The number of pyridine rings is 1. The number of halogens is 1. The van der Waals surface area contributed by atoms with E-state index in [4.69, 9.17) is 0 Å². The lowest BCUT2D eigenvalue weighted by atomic mass is 10.1. The van der Waals surface area contributed by atoms with Gasteiger partial charge in [-0.2, -0.15) is 0 Å². The average Bonchev–Trinajstić information content (AvgIpc) is 2.22. The van der Waals surface area contributed by atoms with E-state index in [9.17, 15) is 0 Å². The standard InChI is InChI=1S/C12H13BrN2/c1-7-4-5-9(13)11-10(14-3)6-8(2)15-12(7)11/h4-6H,1-3H3,(H,14,15). The Balaban J connectivity index is 2.95. The molecule has 0 amide bonds. The van der Waals surface area contributed by atoms with Crippen molar-refractivity contribution < 1.29 is 0 Å². The third-order valence-electron chi connectivity index (χ3n) is 2.51. The van der Waals surface area contributed by atoms with Crippen molar-refractivity contribution in [2.75, 3.05) is 12.4 Å². The van der Waals surface area contributed by atoms with Crippen molar-refractivity contribution in [1.82, 2.24) is 4.98 Å². The highest BCUT2D eigenvalue weighted by molar-refractivity contribution is 9.10. The van der Waals surface area contributed by atoms with E-state index in [1.54, 1.807) is 0 Å². The molecule has 2 nitrogen and oxygen atoms in total. The third kappa shape index (κ3) is 1.72. The normalized spacial score (nSPS) is 10.7. The van der Waals surface area contributed by atoms with Crippen LogP contribution in [0.5, 0.6) is 0 Å². The lowest BCUT2D eigenvalue weighted by molar-refractivity contribution is 1.23. The van der Waals surface area contributed by atoms with Gasteiger partial charge in [0.05, 0.1) is 5.52 Å². The molecular formula is C12H13BrN2. The predicted molar refractivity (Wildman–Crippen MR) is 68.5 cm³/mol. The van der Waals surface area contributed by atoms with E-state index in [2.05, 4.69) is 51.4 Å². The first-order valence-electron chi connectivity index (χ1n) is 4.87. The Kier molecular flexibility index (Phi) is 2.65. The zero-order valence-corrected chi connectivity index (χ0v) is 10.6. The molecule has 3 heteroatoms. The molecule has 1 aromatic heterocycles. The fourth-order valence-electron chi connectivity index (χ4n) is 1.76. The van der Waals surface area contributed by atoms with Crippen LogP contribution in [-0.2, 0) is 0 Å². The number of nitrogens with one attached hydrogen (secondary N) is 1. The molecule has 0 saturated heterocycles. The maximum absolute atomic E-state index is 4.57. The van der Waals surface area contributed by atoms with Crippen molar-refractivity contribution in [2.45, 2.75) is 13.8 Å². The van der Waals surface area contributed by atoms with Gasteiger partial charge in [0.25, 0.3) is 0 Å². The van der Waals surface area contributed by atoms with E-state index >= 15 is 0 Å². The second-order valence-corrected chi connectivity index (χ2v) is 4.50. The summed E-state index contributed by atoms with van der Waals surface area (Å²) in [4.78, 5) is 4.57. The van der Waals surface area contributed by atoms with Crippen LogP contribution in [0.1, 0.15) is 11.3 Å². The van der Waals surface area contributed by atoms with Gasteiger partial charge < -0.3 is 5.32 Å². The summed E-state index contributed by atoms with van der Waals surface area (Å²) in [6, 6.07) is 6.21. The minimum atomic E-state index is 1.04. The van der Waals surface area contributed by atoms with Crippen LogP contribution in [0.3, 0.4) is 0 Å². The molecule has 0 aliphatic rings. The SMILES string of the molecule is CNc1cc(C)nc2c(C)ccc(Br)c12. The van der Waals surface area contributed by atoms with Gasteiger partial charge in [0.2, 0.25) is 0 Å². The first-order chi connectivity index (χ1) is 7.13. The van der Waals surface area contributed by atoms with Gasteiger partial charge in [-0.05, 0) is 31.5 Å². The van der Waals surface area contributed by atoms with E-state index in [1.165, 1.54) is 5.56 Å². The van der Waals surface area contributed by atoms with Crippen LogP contribution in [0.15, 0.2) is 22.7 Å². The smallest absolute Gasteiger partial charge is 0.0766 e. The van der Waals surface area contributed by atoms with E-state index in [0.29, 0.717) is 0 Å². The van der Waals surface area contributed by atoms with Crippen molar-refractivity contribution in [1.29, 1.82) is 0 Å². The van der Waals surface area contributed by atoms with Gasteiger partial charge in [-0.1, -0.05) is 22.0 Å². The first kappa shape index (κ1) is 10.4. The number of fused-ring (bicyclic) bond motifs is 1. The molecule has 1 heterocycles. The Hall–Kier alpha value is -1.09. The first-order valence-corrected chi connectivity index (χ1v) is 5.67. The zero-order chi connectivity index (χ0) is 11.0. The highest BCUT2D eigenvalue weighted by atomic mass is 79.9. The molecule has 0 fully saturated rings. The molecule has 15 heavy (non-hydrogen) atoms. The number of rotatable bonds is 1. The summed E-state index contributed by atoms with van der Waals surface area (Å²) >= 11 is 3.57. The van der Waals surface area contributed by atoms with Gasteiger partial charge in [-0.15, -0.1) is 0 Å². The summed E-state index contributed by atoms with van der Waals surface area (Å²) in [6.07, 6.45) is 0. The highest BCUT2D eigenvalue weighted by Crippen LogP contribution is 2.31. The van der Waals surface area contributed by atoms with Gasteiger partial charge in [0.1, 0.15) is 0 Å². The van der Waals surface area contributed by atoms with Gasteiger partial charge in [-0.25, -0.2) is 0 Å². The van der Waals surface area contributed by atoms with Gasteiger partial charge in [0, 0.05) is 28.3 Å². The van der Waals surface area contributed by atoms with E-state index in [-0.39, 0.29) is 0 Å². The maximum atomic E-state index is 4.57. The molecule has 0 saturated carbocycles. The number of aryl methyl sites for hydroxylation is 2. The summed E-state index contributed by atoms with van der Waals surface area (Å²) < 4.78 is 1.08. The van der Waals surface area contributed by atoms with Crippen LogP contribution < -0.4 is 5.32 Å². The molecule has 2 rings (SSSR count). The predicted octanol–water partition coefficient (Wildman–Crippen LogP) is 3.66. The van der Waals surface area contributed by atoms with Crippen LogP contribution in [0.4, 0.5) is 5.69 Å². The number of hydrogen-bond acceptors (Lipinski definition) is 2. The number of hydrogen-bond donors (Lipinski definition) is 1. The largest absolute Gasteiger partial charge is 0.387 e. The minimum absolute atomic E-state index is 1.04. The van der Waals surface area contributed by atoms with Crippen molar-refractivity contribution in [2.24, 2.45) is 0 Å². The lowest BCUT2D eigenvalue weighted by Crippen LogP contribution is -1.95. The van der Waals surface area contributed by atoms with Crippen LogP contribution in [0.25, 0.3) is 10.9 Å². The quantitative estimate of drug-likeness (QED) is 0.851. The molecule has 1 N–H and O–H groups in total. The number of benzene rings is 1. The second-order valence-electron chi connectivity index (χ2n) is 3.65. The second kappa shape index (κ2) is 3.81. The molecule has 0 spiro atoms. The Morgan fingerprint density at radius 3 is 2.67 bits per heavy atom. The monoisotopic (exact) mass is 264 g/mol. The fraction of sp³-hybridized carbons (Fsp3) is 0.250. The summed E-state index contributed by atoms with van der Waals surface area (Å²) in [7, 11) is 1.93. The van der Waals surface area contributed by atoms with Gasteiger partial charge >= 0.3 is 0 Å². The Labute approximate surface area is 97.8 Å². The van der Waals surface area contributed by atoms with Crippen molar-refractivity contribution in [3.63, 3.8) is 0 Å². The number of nitrogens with zero attached hydrogens (tertiary/aromatic N) is 1. The van der Waals surface area contributed by atoms with Crippen LogP contribution >= 0.6 is 15.9 Å². The third-order valence-corrected chi connectivity index (χ3v) is 3.17. The van der Waals surface area contributed by atoms with Crippen LogP contribution in [0, 0.1) is 13.8 Å². The van der Waals surface area contributed by atoms with E-state index in [0.717, 1.165) is 26.8 Å². The maximum Gasteiger partial charge on any atom is 0.0766 e. The summed E-state index contributed by atoms with van der Waals surface area (Å²) in [5.74, 6) is 0. The molecule has 78 valence electrons. The summed E-state index contributed by atoms with van der Waals surface area (Å²) in [6.45, 7) is 4.10. The fourth-order valence-corrected chi connectivity index (χ4v) is 2.29. The average molecular weight is 265 g/mol. The molecule has 0 aliphatic heterocycles. The number of anilines is 1. The molecule has 2 aromatic rings. The molecule has 0 radical (unpaired) electrons. The zero-order valence-electron chi connectivity index (χ0n) is 9.06. The van der Waals surface area contributed by atoms with Crippen molar-refractivity contribution in [3.8, 4) is 0 Å². The topological polar surface area (TPSA) is 24.9 Å². The van der Waals surface area contributed by atoms with Gasteiger partial charge in [0.15, 0.2) is 0 Å². The molecule has 0 bridgehead atoms. The van der Waals surface area contributed by atoms with E-state index < -0.39 is 0 Å². The molecule has 0 atom stereocenters. The molecule has 1 aromatic carbocycles. The van der Waals surface area contributed by atoms with Crippen LogP contribution in [-0.4, -0.2) is 12.0 Å². The summed E-state index contributed by atoms with van der Waals surface area (Å²) in [5.41, 5.74) is 4.42. The van der Waals surface area contributed by atoms with Crippen molar-refractivity contribution >= 4 is 32.5 Å². The Morgan fingerprint density at radius 1 is 1.27 bits per heavy atom. The lowest BCUT2D eigenvalue weighted by Gasteiger charge is -2.10. The Bertz CT molecular complexity index is 521. The van der Waals surface area contributed by atoms with Gasteiger partial charge in [-0.3, -0.25) is 4.98 Å². The highest BCUT2D eigenvalue weighted by Gasteiger charge is 2.08. The van der Waals surface area contributed by atoms with E-state index in [1.807, 2.05) is 14.0 Å². The summed E-state index contributed by atoms with van der Waals surface area (Å²) in [5, 5.41) is 4.36.